The van der Waals surface area contributed by atoms with Crippen LogP contribution in [0.15, 0.2) is 12.1 Å². The molecule has 1 unspecified atom stereocenters. The molecule has 1 fully saturated rings. The quantitative estimate of drug-likeness (QED) is 0.589. The first-order valence-electron chi connectivity index (χ1n) is 8.86. The van der Waals surface area contributed by atoms with Crippen LogP contribution in [0.25, 0.3) is 0 Å². The normalized spacial score (nSPS) is 23.4. The molecule has 3 N–H and O–H groups in total. The van der Waals surface area contributed by atoms with Crippen LogP contribution < -0.4 is 10.6 Å². The number of nitrogens with one attached hydrogen (secondary N) is 3. The van der Waals surface area contributed by atoms with Crippen molar-refractivity contribution in [1.82, 2.24) is 5.32 Å². The van der Waals surface area contributed by atoms with E-state index in [9.17, 15) is 4.79 Å². The Balaban J connectivity index is 1.98. The van der Waals surface area contributed by atoms with Crippen LogP contribution in [0.2, 0.25) is 0 Å². The molecule has 0 bridgehead atoms. The fraction of sp³-hybridized carbons (Fsp3) is 0.579. The topological polar surface area (TPSA) is 74.2 Å². The molecule has 1 atom stereocenters. The molecule has 3 rings (SSSR count). The van der Waals surface area contributed by atoms with Gasteiger partial charge in [-0.05, 0) is 69.3 Å². The number of carbonyl (C=O) groups is 1. The average Bonchev–Trinajstić information content (AvgIpc) is 2.55. The van der Waals surface area contributed by atoms with Crippen molar-refractivity contribution in [2.24, 2.45) is 0 Å². The number of esters is 1. The highest BCUT2D eigenvalue weighted by molar-refractivity contribution is 5.83. The highest BCUT2D eigenvalue weighted by Gasteiger charge is 2.31. The van der Waals surface area contributed by atoms with Crippen LogP contribution >= 0.6 is 0 Å². The lowest BCUT2D eigenvalue weighted by molar-refractivity contribution is -0.158. The van der Waals surface area contributed by atoms with E-state index in [4.69, 9.17) is 10.1 Å². The molecule has 0 aliphatic carbocycles. The van der Waals surface area contributed by atoms with Gasteiger partial charge < -0.3 is 20.8 Å². The van der Waals surface area contributed by atoms with Gasteiger partial charge in [-0.2, -0.15) is 0 Å². The van der Waals surface area contributed by atoms with E-state index in [1.165, 1.54) is 12.6 Å². The highest BCUT2D eigenvalue weighted by Crippen LogP contribution is 2.35. The van der Waals surface area contributed by atoms with E-state index in [0.717, 1.165) is 54.7 Å². The van der Waals surface area contributed by atoms with Crippen LogP contribution in [-0.2, 0) is 21.6 Å². The Bertz CT molecular complexity index is 634. The van der Waals surface area contributed by atoms with E-state index < -0.39 is 5.60 Å². The summed E-state index contributed by atoms with van der Waals surface area (Å²) < 4.78 is 5.70. The molecule has 0 radical (unpaired) electrons. The van der Waals surface area contributed by atoms with Gasteiger partial charge in [-0.25, -0.2) is 0 Å². The van der Waals surface area contributed by atoms with Crippen molar-refractivity contribution in [3.05, 3.63) is 28.8 Å². The fourth-order valence-electron chi connectivity index (χ4n) is 3.73. The van der Waals surface area contributed by atoms with Gasteiger partial charge >= 0.3 is 5.97 Å². The van der Waals surface area contributed by atoms with E-state index in [0.29, 0.717) is 12.5 Å². The van der Waals surface area contributed by atoms with Gasteiger partial charge in [0.1, 0.15) is 5.60 Å². The van der Waals surface area contributed by atoms with Crippen LogP contribution in [0.4, 0.5) is 5.69 Å². The van der Waals surface area contributed by atoms with E-state index >= 15 is 0 Å². The van der Waals surface area contributed by atoms with Crippen LogP contribution in [0.1, 0.15) is 56.2 Å². The van der Waals surface area contributed by atoms with E-state index in [1.807, 2.05) is 13.8 Å². The molecule has 130 valence electrons. The van der Waals surface area contributed by atoms with Gasteiger partial charge in [-0.1, -0.05) is 0 Å². The van der Waals surface area contributed by atoms with Gasteiger partial charge in [0.2, 0.25) is 0 Å². The van der Waals surface area contributed by atoms with E-state index in [1.54, 1.807) is 0 Å². The highest BCUT2D eigenvalue weighted by atomic mass is 16.6. The van der Waals surface area contributed by atoms with Gasteiger partial charge in [0.05, 0.1) is 0 Å². The molecule has 0 saturated carbocycles. The Morgan fingerprint density at radius 3 is 2.88 bits per heavy atom. The fourth-order valence-corrected chi connectivity index (χ4v) is 3.73. The molecular weight excluding hydrogens is 302 g/mol. The van der Waals surface area contributed by atoms with Crippen LogP contribution in [-0.4, -0.2) is 31.3 Å². The second-order valence-corrected chi connectivity index (χ2v) is 7.26. The summed E-state index contributed by atoms with van der Waals surface area (Å²) in [6.45, 7) is 5.91. The summed E-state index contributed by atoms with van der Waals surface area (Å²) in [6, 6.07) is 4.56. The lowest BCUT2D eigenvalue weighted by Gasteiger charge is -2.32. The zero-order valence-electron chi connectivity index (χ0n) is 14.6. The second kappa shape index (κ2) is 6.93. The number of hydrogen-bond donors (Lipinski definition) is 3. The summed E-state index contributed by atoms with van der Waals surface area (Å²) >= 11 is 0. The van der Waals surface area contributed by atoms with E-state index in [-0.39, 0.29) is 5.97 Å². The van der Waals surface area contributed by atoms with Crippen LogP contribution in [0.3, 0.4) is 0 Å². The standard InChI is InChI=1S/C19H27N3O2/c1-19(2)17-10-15(22-14-5-4-8-21-12-14)9-13(11-20)16(17)6-3-7-18(23)24-19/h9-11,14,20-22H,3-8,12H2,1-2H3. The number of ether oxygens (including phenoxy) is 1. The third kappa shape index (κ3) is 3.61. The van der Waals surface area contributed by atoms with Crippen molar-refractivity contribution in [2.75, 3.05) is 18.4 Å². The number of anilines is 1. The monoisotopic (exact) mass is 329 g/mol. The molecule has 2 aliphatic heterocycles. The molecule has 2 heterocycles. The predicted molar refractivity (Wildman–Crippen MR) is 95.9 cm³/mol. The maximum absolute atomic E-state index is 11.9. The minimum atomic E-state index is -0.674. The van der Waals surface area contributed by atoms with Crippen molar-refractivity contribution >= 4 is 17.9 Å². The molecule has 1 aromatic carbocycles. The summed E-state index contributed by atoms with van der Waals surface area (Å²) in [7, 11) is 0. The van der Waals surface area contributed by atoms with Crippen LogP contribution in [0, 0.1) is 5.41 Å². The number of rotatable bonds is 3. The third-order valence-electron chi connectivity index (χ3n) is 4.93. The summed E-state index contributed by atoms with van der Waals surface area (Å²) in [5.41, 5.74) is 3.40. The molecule has 0 aromatic heterocycles. The van der Waals surface area contributed by atoms with Crippen molar-refractivity contribution < 1.29 is 9.53 Å². The van der Waals surface area contributed by atoms with Gasteiger partial charge in [0.25, 0.3) is 0 Å². The Morgan fingerprint density at radius 1 is 1.33 bits per heavy atom. The molecule has 1 saturated heterocycles. The van der Waals surface area contributed by atoms with Crippen LogP contribution in [0.5, 0.6) is 0 Å². The lowest BCUT2D eigenvalue weighted by atomic mass is 9.85. The molecule has 2 aliphatic rings. The van der Waals surface area contributed by atoms with Crippen molar-refractivity contribution in [1.29, 1.82) is 5.41 Å². The summed E-state index contributed by atoms with van der Waals surface area (Å²) in [5.74, 6) is -0.142. The Morgan fingerprint density at radius 2 is 2.17 bits per heavy atom. The lowest BCUT2D eigenvalue weighted by Crippen LogP contribution is -2.38. The molecule has 1 aromatic rings. The van der Waals surface area contributed by atoms with Gasteiger partial charge in [0.15, 0.2) is 0 Å². The second-order valence-electron chi connectivity index (χ2n) is 7.26. The molecule has 5 nitrogen and oxygen atoms in total. The maximum atomic E-state index is 11.9. The smallest absolute Gasteiger partial charge is 0.306 e. The number of benzene rings is 1. The largest absolute Gasteiger partial charge is 0.455 e. The Kier molecular flexibility index (Phi) is 4.90. The number of cyclic esters (lactones) is 1. The average molecular weight is 329 g/mol. The minimum Gasteiger partial charge on any atom is -0.455 e. The minimum absolute atomic E-state index is 0.142. The first-order chi connectivity index (χ1) is 11.5. The molecule has 5 heteroatoms. The van der Waals surface area contributed by atoms with E-state index in [2.05, 4.69) is 22.8 Å². The molecule has 0 amide bonds. The number of fused-ring (bicyclic) bond motifs is 1. The number of hydrogen-bond acceptors (Lipinski definition) is 5. The third-order valence-corrected chi connectivity index (χ3v) is 4.93. The number of piperidine rings is 1. The van der Waals surface area contributed by atoms with Gasteiger partial charge in [-0.15, -0.1) is 0 Å². The summed E-state index contributed by atoms with van der Waals surface area (Å²) in [5, 5.41) is 14.8. The molecule has 0 spiro atoms. The summed E-state index contributed by atoms with van der Waals surface area (Å²) in [6.07, 6.45) is 5.74. The van der Waals surface area contributed by atoms with Crippen molar-refractivity contribution in [3.8, 4) is 0 Å². The first kappa shape index (κ1) is 17.0. The molecular formula is C19H27N3O2. The van der Waals surface area contributed by atoms with Crippen molar-refractivity contribution in [3.63, 3.8) is 0 Å². The summed E-state index contributed by atoms with van der Waals surface area (Å²) in [4.78, 5) is 11.9. The maximum Gasteiger partial charge on any atom is 0.306 e. The zero-order chi connectivity index (χ0) is 17.2. The van der Waals surface area contributed by atoms with Crippen molar-refractivity contribution in [2.45, 2.75) is 57.6 Å². The molecule has 24 heavy (non-hydrogen) atoms. The number of carbonyl (C=O) groups excluding carboxylic acids is 1. The SMILES string of the molecule is CC1(C)OC(=O)CCCc2c(C=N)cc(NC3CCCNC3)cc21. The van der Waals surface area contributed by atoms with Gasteiger partial charge in [-0.3, -0.25) is 4.79 Å². The van der Waals surface area contributed by atoms with Gasteiger partial charge in [0, 0.05) is 36.5 Å². The first-order valence-corrected chi connectivity index (χ1v) is 8.86. The zero-order valence-corrected chi connectivity index (χ0v) is 14.6. The Labute approximate surface area is 143 Å². The Hall–Kier alpha value is -1.88. The predicted octanol–water partition coefficient (Wildman–Crippen LogP) is 2.96.